The van der Waals surface area contributed by atoms with Crippen LogP contribution in [0.2, 0.25) is 0 Å². The number of carbonyl (C=O) groups is 1. The van der Waals surface area contributed by atoms with Gasteiger partial charge in [0.2, 0.25) is 11.6 Å². The van der Waals surface area contributed by atoms with Gasteiger partial charge in [0.1, 0.15) is 24.0 Å². The van der Waals surface area contributed by atoms with Crippen LogP contribution in [0.4, 0.5) is 0 Å². The van der Waals surface area contributed by atoms with Crippen LogP contribution in [0.1, 0.15) is 49.8 Å². The minimum atomic E-state index is -0.222. The van der Waals surface area contributed by atoms with Crippen LogP contribution in [0.15, 0.2) is 15.5 Å². The number of aromatic nitrogens is 2. The monoisotopic (exact) mass is 317 g/mol. The summed E-state index contributed by atoms with van der Waals surface area (Å²) in [5, 5.41) is 3.52. The average Bonchev–Trinajstić information content (AvgIpc) is 2.69. The van der Waals surface area contributed by atoms with E-state index in [0.717, 1.165) is 31.2 Å². The predicted molar refractivity (Wildman–Crippen MR) is 87.4 cm³/mol. The van der Waals surface area contributed by atoms with E-state index in [-0.39, 0.29) is 24.1 Å². The van der Waals surface area contributed by atoms with Crippen LogP contribution in [0, 0.1) is 13.8 Å². The number of hydrogen-bond donors (Lipinski definition) is 1. The highest BCUT2D eigenvalue weighted by molar-refractivity contribution is 5.79. The smallest absolute Gasteiger partial charge is 0.265 e. The molecule has 0 unspecified atom stereocenters. The Kier molecular flexibility index (Phi) is 4.50. The lowest BCUT2D eigenvalue weighted by Crippen LogP contribution is -2.38. The van der Waals surface area contributed by atoms with Crippen LogP contribution < -0.4 is 10.9 Å². The van der Waals surface area contributed by atoms with Crippen molar-refractivity contribution in [3.05, 3.63) is 28.0 Å². The molecule has 1 saturated carbocycles. The maximum Gasteiger partial charge on any atom is 0.265 e. The molecule has 1 amide bonds. The molecular weight excluding hydrogens is 294 g/mol. The lowest BCUT2D eigenvalue weighted by Gasteiger charge is -2.16. The van der Waals surface area contributed by atoms with Crippen molar-refractivity contribution in [3.8, 4) is 0 Å². The van der Waals surface area contributed by atoms with Crippen LogP contribution >= 0.6 is 0 Å². The van der Waals surface area contributed by atoms with Gasteiger partial charge < -0.3 is 9.73 Å². The molecule has 0 atom stereocenters. The highest BCUT2D eigenvalue weighted by Crippen LogP contribution is 2.19. The molecule has 1 N–H and O–H groups in total. The van der Waals surface area contributed by atoms with Crippen molar-refractivity contribution in [2.24, 2.45) is 0 Å². The Morgan fingerprint density at radius 3 is 2.70 bits per heavy atom. The van der Waals surface area contributed by atoms with Gasteiger partial charge in [0.05, 0.1) is 0 Å². The van der Waals surface area contributed by atoms with Gasteiger partial charge in [-0.05, 0) is 26.7 Å². The Bertz CT molecular complexity index is 767. The first-order chi connectivity index (χ1) is 11.1. The second kappa shape index (κ2) is 6.56. The fourth-order valence-corrected chi connectivity index (χ4v) is 3.23. The molecule has 2 heterocycles. The van der Waals surface area contributed by atoms with Gasteiger partial charge in [-0.3, -0.25) is 14.2 Å². The summed E-state index contributed by atoms with van der Waals surface area (Å²) in [6, 6.07) is 0.232. The Balaban J connectivity index is 1.75. The minimum Gasteiger partial charge on any atom is -0.443 e. The molecule has 0 radical (unpaired) electrons. The lowest BCUT2D eigenvalue weighted by atomic mass is 10.1. The second-order valence-electron chi connectivity index (χ2n) is 6.40. The van der Waals surface area contributed by atoms with Crippen molar-refractivity contribution in [1.82, 2.24) is 14.9 Å². The minimum absolute atomic E-state index is 0.00193. The highest BCUT2D eigenvalue weighted by atomic mass is 16.3. The van der Waals surface area contributed by atoms with Gasteiger partial charge in [-0.15, -0.1) is 0 Å². The fraction of sp³-hybridized carbons (Fsp3) is 0.588. The van der Waals surface area contributed by atoms with E-state index in [1.165, 1.54) is 23.7 Å². The Hall–Kier alpha value is -2.11. The van der Waals surface area contributed by atoms with E-state index >= 15 is 0 Å². The molecule has 1 fully saturated rings. The van der Waals surface area contributed by atoms with E-state index < -0.39 is 0 Å². The van der Waals surface area contributed by atoms with E-state index in [4.69, 9.17) is 4.42 Å². The number of carbonyl (C=O) groups excluding carboxylic acids is 1. The summed E-state index contributed by atoms with van der Waals surface area (Å²) in [7, 11) is 0. The van der Waals surface area contributed by atoms with Crippen molar-refractivity contribution < 1.29 is 9.21 Å². The SMILES string of the molecule is Cc1oc2ncn(CC(=O)NC3CCCCCC3)c(=O)c2c1C. The van der Waals surface area contributed by atoms with Crippen LogP contribution in [-0.4, -0.2) is 21.5 Å². The van der Waals surface area contributed by atoms with E-state index in [9.17, 15) is 9.59 Å². The largest absolute Gasteiger partial charge is 0.443 e. The number of aryl methyl sites for hydroxylation is 2. The number of amides is 1. The number of hydrogen-bond acceptors (Lipinski definition) is 4. The van der Waals surface area contributed by atoms with Crippen molar-refractivity contribution in [2.75, 3.05) is 0 Å². The summed E-state index contributed by atoms with van der Waals surface area (Å²) in [5.74, 6) is 0.559. The third-order valence-corrected chi connectivity index (χ3v) is 4.69. The van der Waals surface area contributed by atoms with Crippen molar-refractivity contribution in [3.63, 3.8) is 0 Å². The molecule has 6 nitrogen and oxygen atoms in total. The molecule has 124 valence electrons. The van der Waals surface area contributed by atoms with E-state index in [1.54, 1.807) is 6.92 Å². The molecule has 1 aliphatic carbocycles. The molecule has 2 aromatic heterocycles. The van der Waals surface area contributed by atoms with E-state index in [1.807, 2.05) is 6.92 Å². The number of nitrogens with one attached hydrogen (secondary N) is 1. The molecule has 0 spiro atoms. The zero-order valence-electron chi connectivity index (χ0n) is 13.7. The zero-order chi connectivity index (χ0) is 16.4. The number of furan rings is 1. The normalized spacial score (nSPS) is 16.4. The first-order valence-corrected chi connectivity index (χ1v) is 8.31. The summed E-state index contributed by atoms with van der Waals surface area (Å²) in [4.78, 5) is 28.9. The summed E-state index contributed by atoms with van der Waals surface area (Å²) in [6.45, 7) is 3.64. The lowest BCUT2D eigenvalue weighted by molar-refractivity contribution is -0.122. The molecule has 0 aromatic carbocycles. The maximum absolute atomic E-state index is 12.5. The second-order valence-corrected chi connectivity index (χ2v) is 6.40. The first-order valence-electron chi connectivity index (χ1n) is 8.31. The topological polar surface area (TPSA) is 77.1 Å². The molecule has 0 saturated heterocycles. The van der Waals surface area contributed by atoms with Crippen molar-refractivity contribution in [2.45, 2.75) is 65.0 Å². The van der Waals surface area contributed by atoms with E-state index in [0.29, 0.717) is 16.9 Å². The third-order valence-electron chi connectivity index (χ3n) is 4.69. The van der Waals surface area contributed by atoms with Crippen molar-refractivity contribution >= 4 is 17.0 Å². The zero-order valence-corrected chi connectivity index (χ0v) is 13.7. The van der Waals surface area contributed by atoms with E-state index in [2.05, 4.69) is 10.3 Å². The number of fused-ring (bicyclic) bond motifs is 1. The fourth-order valence-electron chi connectivity index (χ4n) is 3.23. The number of rotatable bonds is 3. The summed E-state index contributed by atoms with van der Waals surface area (Å²) >= 11 is 0. The number of nitrogens with zero attached hydrogens (tertiary/aromatic N) is 2. The van der Waals surface area contributed by atoms with Crippen LogP contribution in [0.5, 0.6) is 0 Å². The average molecular weight is 317 g/mol. The summed E-state index contributed by atoms with van der Waals surface area (Å²) in [6.07, 6.45) is 8.24. The van der Waals surface area contributed by atoms with Gasteiger partial charge in [-0.2, -0.15) is 0 Å². The summed E-state index contributed by atoms with van der Waals surface area (Å²) < 4.78 is 6.81. The molecule has 0 bridgehead atoms. The Morgan fingerprint density at radius 2 is 2.00 bits per heavy atom. The molecular formula is C17H23N3O3. The summed E-state index contributed by atoms with van der Waals surface area (Å²) in [5.41, 5.74) is 0.904. The van der Waals surface area contributed by atoms with Gasteiger partial charge in [0.25, 0.3) is 5.56 Å². The van der Waals surface area contributed by atoms with Gasteiger partial charge >= 0.3 is 0 Å². The Labute approximate surface area is 134 Å². The Morgan fingerprint density at radius 1 is 1.30 bits per heavy atom. The standard InChI is InChI=1S/C17H23N3O3/c1-11-12(2)23-16-15(11)17(22)20(10-18-16)9-14(21)19-13-7-5-3-4-6-8-13/h10,13H,3-9H2,1-2H3,(H,19,21). The molecule has 3 rings (SSSR count). The quantitative estimate of drug-likeness (QED) is 0.882. The molecule has 6 heteroatoms. The van der Waals surface area contributed by atoms with Crippen LogP contribution in [0.25, 0.3) is 11.1 Å². The predicted octanol–water partition coefficient (Wildman–Crippen LogP) is 2.45. The van der Waals surface area contributed by atoms with Gasteiger partial charge in [-0.1, -0.05) is 25.7 Å². The molecule has 1 aliphatic rings. The van der Waals surface area contributed by atoms with Crippen LogP contribution in [0.3, 0.4) is 0 Å². The first kappa shape index (κ1) is 15.8. The highest BCUT2D eigenvalue weighted by Gasteiger charge is 2.17. The van der Waals surface area contributed by atoms with Gasteiger partial charge in [0, 0.05) is 11.6 Å². The maximum atomic E-state index is 12.5. The van der Waals surface area contributed by atoms with Gasteiger partial charge in [0.15, 0.2) is 0 Å². The van der Waals surface area contributed by atoms with Crippen molar-refractivity contribution in [1.29, 1.82) is 0 Å². The third kappa shape index (κ3) is 3.30. The molecule has 2 aromatic rings. The van der Waals surface area contributed by atoms with Gasteiger partial charge in [-0.25, -0.2) is 4.98 Å². The molecule has 23 heavy (non-hydrogen) atoms. The van der Waals surface area contributed by atoms with Crippen LogP contribution in [-0.2, 0) is 11.3 Å². The molecule has 0 aliphatic heterocycles.